The van der Waals surface area contributed by atoms with Crippen LogP contribution in [0.5, 0.6) is 0 Å². The molecule has 0 saturated carbocycles. The molecule has 0 spiro atoms. The Balaban J connectivity index is 0.000000345. The predicted molar refractivity (Wildman–Crippen MR) is 93.5 cm³/mol. The van der Waals surface area contributed by atoms with E-state index in [0.29, 0.717) is 13.2 Å². The van der Waals surface area contributed by atoms with Crippen LogP contribution in [0, 0.1) is 0 Å². The van der Waals surface area contributed by atoms with Gasteiger partial charge in [-0.25, -0.2) is 14.8 Å². The van der Waals surface area contributed by atoms with E-state index >= 15 is 0 Å². The van der Waals surface area contributed by atoms with Crippen molar-refractivity contribution >= 4 is 17.3 Å². The number of hydrogen-bond acceptors (Lipinski definition) is 7. The minimum Gasteiger partial charge on any atom is -0.475 e. The summed E-state index contributed by atoms with van der Waals surface area (Å²) >= 11 is 1.70. The quantitative estimate of drug-likeness (QED) is 0.686. The van der Waals surface area contributed by atoms with Crippen molar-refractivity contribution in [1.82, 2.24) is 19.4 Å². The summed E-state index contributed by atoms with van der Waals surface area (Å²) in [5.41, 5.74) is 2.21. The van der Waals surface area contributed by atoms with E-state index in [2.05, 4.69) is 19.4 Å². The van der Waals surface area contributed by atoms with Crippen molar-refractivity contribution in [2.24, 2.45) is 0 Å². The molecule has 3 heterocycles. The highest BCUT2D eigenvalue weighted by Crippen LogP contribution is 2.19. The van der Waals surface area contributed by atoms with Crippen molar-refractivity contribution in [3.8, 4) is 0 Å². The Hall–Kier alpha value is -2.02. The molecule has 0 unspecified atom stereocenters. The Morgan fingerprint density at radius 3 is 2.68 bits per heavy atom. The molecule has 0 radical (unpaired) electrons. The van der Waals surface area contributed by atoms with Gasteiger partial charge in [0.15, 0.2) is 0 Å². The van der Waals surface area contributed by atoms with Gasteiger partial charge in [0.25, 0.3) is 0 Å². The van der Waals surface area contributed by atoms with Gasteiger partial charge in [0, 0.05) is 31.2 Å². The fourth-order valence-electron chi connectivity index (χ4n) is 2.59. The van der Waals surface area contributed by atoms with Crippen molar-refractivity contribution < 1.29 is 32.9 Å². The van der Waals surface area contributed by atoms with E-state index in [1.54, 1.807) is 11.3 Å². The molecule has 156 valence electrons. The molecule has 0 bridgehead atoms. The van der Waals surface area contributed by atoms with Gasteiger partial charge in [-0.2, -0.15) is 13.2 Å². The molecule has 2 N–H and O–H groups in total. The van der Waals surface area contributed by atoms with E-state index in [1.807, 2.05) is 17.9 Å². The summed E-state index contributed by atoms with van der Waals surface area (Å²) in [6, 6.07) is 0. The van der Waals surface area contributed by atoms with Crippen LogP contribution in [0.25, 0.3) is 0 Å². The molecule has 1 aliphatic heterocycles. The third kappa shape index (κ3) is 6.86. The van der Waals surface area contributed by atoms with Gasteiger partial charge >= 0.3 is 12.1 Å². The smallest absolute Gasteiger partial charge is 0.475 e. The molecule has 1 aliphatic rings. The molecular weight excluding hydrogens is 401 g/mol. The number of nitrogens with zero attached hydrogens (tertiary/aromatic N) is 4. The molecule has 0 aromatic carbocycles. The number of aliphatic hydroxyl groups excluding tert-OH is 1. The number of hydrogen-bond donors (Lipinski definition) is 2. The van der Waals surface area contributed by atoms with Crippen LogP contribution in [-0.4, -0.2) is 61.6 Å². The van der Waals surface area contributed by atoms with Crippen LogP contribution >= 0.6 is 11.3 Å². The number of thiazole rings is 1. The maximum Gasteiger partial charge on any atom is 0.490 e. The number of carbonyl (C=O) groups is 1. The van der Waals surface area contributed by atoms with Crippen LogP contribution < -0.4 is 0 Å². The Morgan fingerprint density at radius 2 is 2.07 bits per heavy atom. The largest absolute Gasteiger partial charge is 0.490 e. The van der Waals surface area contributed by atoms with Crippen LogP contribution in [-0.2, 0) is 35.8 Å². The fraction of sp³-hybridized carbons (Fsp3) is 0.562. The van der Waals surface area contributed by atoms with E-state index in [4.69, 9.17) is 19.7 Å². The molecule has 2 aromatic heterocycles. The van der Waals surface area contributed by atoms with Gasteiger partial charge in [0.05, 0.1) is 44.1 Å². The van der Waals surface area contributed by atoms with Gasteiger partial charge in [-0.15, -0.1) is 11.3 Å². The van der Waals surface area contributed by atoms with Crippen LogP contribution in [0.2, 0.25) is 0 Å². The Bertz CT molecular complexity index is 737. The third-order valence-electron chi connectivity index (χ3n) is 3.84. The first-order valence-corrected chi connectivity index (χ1v) is 9.31. The van der Waals surface area contributed by atoms with E-state index in [1.165, 1.54) is 5.69 Å². The lowest BCUT2D eigenvalue weighted by Gasteiger charge is -2.18. The number of aliphatic carboxylic acids is 1. The number of fused-ring (bicyclic) bond motifs is 1. The van der Waals surface area contributed by atoms with Crippen molar-refractivity contribution in [2.45, 2.75) is 38.8 Å². The van der Waals surface area contributed by atoms with Gasteiger partial charge in [-0.3, -0.25) is 4.90 Å². The summed E-state index contributed by atoms with van der Waals surface area (Å²) in [6.45, 7) is 4.70. The Labute approximate surface area is 163 Å². The first-order valence-electron chi connectivity index (χ1n) is 8.43. The molecule has 28 heavy (non-hydrogen) atoms. The van der Waals surface area contributed by atoms with Crippen molar-refractivity contribution in [1.29, 1.82) is 0 Å². The number of carboxylic acid groups (broad SMARTS) is 1. The first kappa shape index (κ1) is 22.3. The summed E-state index contributed by atoms with van der Waals surface area (Å²) in [4.78, 5) is 20.1. The van der Waals surface area contributed by atoms with Crippen molar-refractivity contribution in [3.05, 3.63) is 34.3 Å². The molecule has 0 aliphatic carbocycles. The standard InChI is InChI=1S/C14H20N4O2S.C2HF3O2/c19-5-6-20-10-12-13-8-17(9-14-15-2-7-21-14)3-1-4-18(13)11-16-12;3-2(4,5)1(6)7/h2,7,11,19H,1,3-6,8-10H2;(H,6,7). The summed E-state index contributed by atoms with van der Waals surface area (Å²) in [5.74, 6) is -2.76. The van der Waals surface area contributed by atoms with Gasteiger partial charge in [-0.1, -0.05) is 0 Å². The minimum absolute atomic E-state index is 0.0478. The molecule has 8 nitrogen and oxygen atoms in total. The first-order chi connectivity index (χ1) is 13.3. The fourth-order valence-corrected chi connectivity index (χ4v) is 3.25. The predicted octanol–water partition coefficient (Wildman–Crippen LogP) is 1.89. The molecule has 3 rings (SSSR count). The normalized spacial score (nSPS) is 14.7. The average molecular weight is 422 g/mol. The number of ether oxygens (including phenoxy) is 1. The number of aliphatic hydroxyl groups is 1. The van der Waals surface area contributed by atoms with Gasteiger partial charge in [0.1, 0.15) is 5.01 Å². The Morgan fingerprint density at radius 1 is 1.32 bits per heavy atom. The minimum atomic E-state index is -5.08. The highest BCUT2D eigenvalue weighted by atomic mass is 32.1. The van der Waals surface area contributed by atoms with E-state index in [0.717, 1.165) is 43.3 Å². The molecule has 0 saturated heterocycles. The maximum absolute atomic E-state index is 10.6. The second kappa shape index (κ2) is 10.5. The SMILES string of the molecule is O=C(O)C(F)(F)F.OCCOCc1ncn2c1CN(Cc1nccs1)CCC2. The molecular formula is C16H21F3N4O4S. The zero-order chi connectivity index (χ0) is 20.6. The summed E-state index contributed by atoms with van der Waals surface area (Å²) in [7, 11) is 0. The van der Waals surface area contributed by atoms with Crippen molar-refractivity contribution in [3.63, 3.8) is 0 Å². The summed E-state index contributed by atoms with van der Waals surface area (Å²) in [5, 5.41) is 19.1. The second-order valence-corrected chi connectivity index (χ2v) is 6.88. The molecule has 0 fully saturated rings. The average Bonchev–Trinajstić information content (AvgIpc) is 3.21. The lowest BCUT2D eigenvalue weighted by Crippen LogP contribution is -2.23. The zero-order valence-corrected chi connectivity index (χ0v) is 15.7. The summed E-state index contributed by atoms with van der Waals surface area (Å²) < 4.78 is 39.4. The topological polar surface area (TPSA) is 101 Å². The van der Waals surface area contributed by atoms with E-state index < -0.39 is 12.1 Å². The Kier molecular flexibility index (Phi) is 8.35. The van der Waals surface area contributed by atoms with Gasteiger partial charge < -0.3 is 19.5 Å². The van der Waals surface area contributed by atoms with Crippen LogP contribution in [0.1, 0.15) is 22.8 Å². The van der Waals surface area contributed by atoms with Crippen LogP contribution in [0.3, 0.4) is 0 Å². The lowest BCUT2D eigenvalue weighted by molar-refractivity contribution is -0.192. The summed E-state index contributed by atoms with van der Waals surface area (Å²) in [6.07, 6.45) is -0.207. The monoisotopic (exact) mass is 422 g/mol. The highest BCUT2D eigenvalue weighted by Gasteiger charge is 2.38. The third-order valence-corrected chi connectivity index (χ3v) is 4.60. The number of aryl methyl sites for hydroxylation is 1. The number of rotatable bonds is 6. The lowest BCUT2D eigenvalue weighted by atomic mass is 10.3. The number of imidazole rings is 1. The van der Waals surface area contributed by atoms with Crippen LogP contribution in [0.4, 0.5) is 13.2 Å². The number of aromatic nitrogens is 3. The number of alkyl halides is 3. The van der Waals surface area contributed by atoms with Gasteiger partial charge in [-0.05, 0) is 6.42 Å². The van der Waals surface area contributed by atoms with Crippen molar-refractivity contribution in [2.75, 3.05) is 19.8 Å². The zero-order valence-electron chi connectivity index (χ0n) is 14.9. The van der Waals surface area contributed by atoms with E-state index in [9.17, 15) is 13.2 Å². The molecule has 0 atom stereocenters. The van der Waals surface area contributed by atoms with Crippen LogP contribution in [0.15, 0.2) is 17.9 Å². The van der Waals surface area contributed by atoms with E-state index in [-0.39, 0.29) is 6.61 Å². The highest BCUT2D eigenvalue weighted by molar-refractivity contribution is 7.09. The molecule has 0 amide bonds. The maximum atomic E-state index is 10.6. The molecule has 2 aromatic rings. The molecule has 12 heteroatoms. The number of halogens is 3. The second-order valence-electron chi connectivity index (χ2n) is 5.90. The van der Waals surface area contributed by atoms with Gasteiger partial charge in [0.2, 0.25) is 0 Å². The number of carboxylic acids is 1.